The van der Waals surface area contributed by atoms with Crippen molar-refractivity contribution < 1.29 is 4.79 Å². The van der Waals surface area contributed by atoms with Gasteiger partial charge in [-0.15, -0.1) is 0 Å². The third-order valence-corrected chi connectivity index (χ3v) is 3.87. The fraction of sp³-hybridized carbons (Fsp3) is 0.235. The van der Waals surface area contributed by atoms with Gasteiger partial charge in [0.25, 0.3) is 5.91 Å². The SMILES string of the molecule is Cc1cc(C(=O)NC2CC2c2ccccc2)ccc1N. The molecule has 3 nitrogen and oxygen atoms in total. The van der Waals surface area contributed by atoms with Gasteiger partial charge < -0.3 is 11.1 Å². The molecule has 3 heteroatoms. The van der Waals surface area contributed by atoms with Crippen LogP contribution in [0, 0.1) is 6.92 Å². The zero-order valence-electron chi connectivity index (χ0n) is 11.5. The first-order valence-corrected chi connectivity index (χ1v) is 6.87. The number of rotatable bonds is 3. The van der Waals surface area contributed by atoms with Gasteiger partial charge in [0, 0.05) is 23.2 Å². The molecule has 1 amide bonds. The van der Waals surface area contributed by atoms with E-state index in [-0.39, 0.29) is 11.9 Å². The highest BCUT2D eigenvalue weighted by Gasteiger charge is 2.39. The quantitative estimate of drug-likeness (QED) is 0.839. The van der Waals surface area contributed by atoms with Crippen molar-refractivity contribution in [2.75, 3.05) is 5.73 Å². The number of aryl methyl sites for hydroxylation is 1. The van der Waals surface area contributed by atoms with Crippen molar-refractivity contribution in [1.29, 1.82) is 0 Å². The summed E-state index contributed by atoms with van der Waals surface area (Å²) >= 11 is 0. The Morgan fingerprint density at radius 1 is 1.20 bits per heavy atom. The van der Waals surface area contributed by atoms with Crippen LogP contribution in [0.3, 0.4) is 0 Å². The molecule has 0 saturated heterocycles. The molecule has 102 valence electrons. The van der Waals surface area contributed by atoms with Gasteiger partial charge >= 0.3 is 0 Å². The molecule has 1 aliphatic rings. The van der Waals surface area contributed by atoms with E-state index in [1.54, 1.807) is 12.1 Å². The van der Waals surface area contributed by atoms with Crippen LogP contribution in [0.1, 0.15) is 33.8 Å². The molecular formula is C17H18N2O. The van der Waals surface area contributed by atoms with E-state index in [4.69, 9.17) is 5.73 Å². The number of amides is 1. The maximum Gasteiger partial charge on any atom is 0.251 e. The van der Waals surface area contributed by atoms with Gasteiger partial charge in [-0.05, 0) is 42.7 Å². The summed E-state index contributed by atoms with van der Waals surface area (Å²) in [5.41, 5.74) is 9.40. The second-order valence-electron chi connectivity index (χ2n) is 5.40. The normalized spacial score (nSPS) is 20.4. The van der Waals surface area contributed by atoms with Gasteiger partial charge in [-0.25, -0.2) is 0 Å². The topological polar surface area (TPSA) is 55.1 Å². The number of nitrogen functional groups attached to an aromatic ring is 1. The van der Waals surface area contributed by atoms with Crippen molar-refractivity contribution in [2.45, 2.75) is 25.3 Å². The summed E-state index contributed by atoms with van der Waals surface area (Å²) < 4.78 is 0. The Labute approximate surface area is 118 Å². The van der Waals surface area contributed by atoms with E-state index >= 15 is 0 Å². The Morgan fingerprint density at radius 3 is 2.65 bits per heavy atom. The van der Waals surface area contributed by atoms with Gasteiger partial charge in [0.15, 0.2) is 0 Å². The van der Waals surface area contributed by atoms with E-state index in [2.05, 4.69) is 17.4 Å². The summed E-state index contributed by atoms with van der Waals surface area (Å²) in [5, 5.41) is 3.09. The number of carbonyl (C=O) groups is 1. The number of anilines is 1. The highest BCUT2D eigenvalue weighted by atomic mass is 16.1. The van der Waals surface area contributed by atoms with E-state index in [1.165, 1.54) is 5.56 Å². The van der Waals surface area contributed by atoms with Gasteiger partial charge in [0.05, 0.1) is 0 Å². The monoisotopic (exact) mass is 266 g/mol. The largest absolute Gasteiger partial charge is 0.399 e. The molecule has 1 aliphatic carbocycles. The number of carbonyl (C=O) groups excluding carboxylic acids is 1. The van der Waals surface area contributed by atoms with Crippen LogP contribution in [0.15, 0.2) is 48.5 Å². The Bertz CT molecular complexity index is 637. The summed E-state index contributed by atoms with van der Waals surface area (Å²) in [6.07, 6.45) is 1.02. The number of nitrogens with two attached hydrogens (primary N) is 1. The first kappa shape index (κ1) is 12.7. The molecule has 1 fully saturated rings. The van der Waals surface area contributed by atoms with Gasteiger partial charge in [0.1, 0.15) is 0 Å². The molecule has 0 radical (unpaired) electrons. The van der Waals surface area contributed by atoms with E-state index < -0.39 is 0 Å². The van der Waals surface area contributed by atoms with Gasteiger partial charge in [0.2, 0.25) is 0 Å². The molecule has 2 aromatic rings. The summed E-state index contributed by atoms with van der Waals surface area (Å²) in [7, 11) is 0. The zero-order chi connectivity index (χ0) is 14.1. The first-order valence-electron chi connectivity index (χ1n) is 6.87. The Morgan fingerprint density at radius 2 is 1.95 bits per heavy atom. The molecule has 0 aromatic heterocycles. The summed E-state index contributed by atoms with van der Waals surface area (Å²) in [5.74, 6) is 0.437. The van der Waals surface area contributed by atoms with Crippen LogP contribution in [-0.4, -0.2) is 11.9 Å². The predicted molar refractivity (Wildman–Crippen MR) is 80.6 cm³/mol. The standard InChI is InChI=1S/C17H18N2O/c1-11-9-13(7-8-15(11)18)17(20)19-16-10-14(16)12-5-3-2-4-6-12/h2-9,14,16H,10,18H2,1H3,(H,19,20). The molecule has 2 aromatic carbocycles. The van der Waals surface area contributed by atoms with Crippen molar-refractivity contribution in [3.8, 4) is 0 Å². The molecule has 20 heavy (non-hydrogen) atoms. The lowest BCUT2D eigenvalue weighted by Gasteiger charge is -2.07. The third kappa shape index (κ3) is 2.52. The number of nitrogens with one attached hydrogen (secondary N) is 1. The van der Waals surface area contributed by atoms with Crippen molar-refractivity contribution in [3.63, 3.8) is 0 Å². The second kappa shape index (κ2) is 5.00. The van der Waals surface area contributed by atoms with E-state index in [1.807, 2.05) is 31.2 Å². The zero-order valence-corrected chi connectivity index (χ0v) is 11.5. The van der Waals surface area contributed by atoms with Crippen LogP contribution >= 0.6 is 0 Å². The summed E-state index contributed by atoms with van der Waals surface area (Å²) in [6.45, 7) is 1.91. The highest BCUT2D eigenvalue weighted by Crippen LogP contribution is 2.40. The third-order valence-electron chi connectivity index (χ3n) is 3.87. The number of hydrogen-bond donors (Lipinski definition) is 2. The molecule has 0 aliphatic heterocycles. The molecule has 2 unspecified atom stereocenters. The van der Waals surface area contributed by atoms with Crippen LogP contribution in [0.25, 0.3) is 0 Å². The predicted octanol–water partition coefficient (Wildman–Crippen LogP) is 2.86. The Hall–Kier alpha value is -2.29. The average Bonchev–Trinajstić information content (AvgIpc) is 3.22. The molecule has 3 rings (SSSR count). The van der Waals surface area contributed by atoms with E-state index in [0.717, 1.165) is 17.7 Å². The molecule has 2 atom stereocenters. The molecule has 0 spiro atoms. The fourth-order valence-electron chi connectivity index (χ4n) is 2.49. The van der Waals surface area contributed by atoms with Crippen LogP contribution in [0.5, 0.6) is 0 Å². The van der Waals surface area contributed by atoms with Crippen molar-refractivity contribution >= 4 is 11.6 Å². The van der Waals surface area contributed by atoms with Crippen LogP contribution in [0.2, 0.25) is 0 Å². The molecule has 0 heterocycles. The lowest BCUT2D eigenvalue weighted by atomic mass is 10.1. The second-order valence-corrected chi connectivity index (χ2v) is 5.40. The van der Waals surface area contributed by atoms with E-state index in [9.17, 15) is 4.79 Å². The molecule has 3 N–H and O–H groups in total. The lowest BCUT2D eigenvalue weighted by Crippen LogP contribution is -2.26. The molecular weight excluding hydrogens is 248 g/mol. The minimum Gasteiger partial charge on any atom is -0.399 e. The van der Waals surface area contributed by atoms with Crippen molar-refractivity contribution in [2.24, 2.45) is 0 Å². The van der Waals surface area contributed by atoms with Gasteiger partial charge in [-0.1, -0.05) is 30.3 Å². The summed E-state index contributed by atoms with van der Waals surface area (Å²) in [6, 6.07) is 16.0. The van der Waals surface area contributed by atoms with Gasteiger partial charge in [-0.2, -0.15) is 0 Å². The summed E-state index contributed by atoms with van der Waals surface area (Å²) in [4.78, 5) is 12.2. The minimum atomic E-state index is -0.0171. The molecule has 1 saturated carbocycles. The maximum absolute atomic E-state index is 12.2. The minimum absolute atomic E-state index is 0.0171. The lowest BCUT2D eigenvalue weighted by molar-refractivity contribution is 0.0950. The molecule has 0 bridgehead atoms. The fourth-order valence-corrected chi connectivity index (χ4v) is 2.49. The van der Waals surface area contributed by atoms with Crippen LogP contribution < -0.4 is 11.1 Å². The first-order chi connectivity index (χ1) is 9.65. The van der Waals surface area contributed by atoms with E-state index in [0.29, 0.717) is 11.5 Å². The number of benzene rings is 2. The maximum atomic E-state index is 12.2. The van der Waals surface area contributed by atoms with Crippen LogP contribution in [0.4, 0.5) is 5.69 Å². The van der Waals surface area contributed by atoms with Crippen molar-refractivity contribution in [3.05, 3.63) is 65.2 Å². The smallest absolute Gasteiger partial charge is 0.251 e. The average molecular weight is 266 g/mol. The Balaban J connectivity index is 1.65. The van der Waals surface area contributed by atoms with Crippen LogP contribution in [-0.2, 0) is 0 Å². The Kier molecular flexibility index (Phi) is 3.18. The van der Waals surface area contributed by atoms with Crippen molar-refractivity contribution in [1.82, 2.24) is 5.32 Å². The number of hydrogen-bond acceptors (Lipinski definition) is 2. The highest BCUT2D eigenvalue weighted by molar-refractivity contribution is 5.95. The van der Waals surface area contributed by atoms with Gasteiger partial charge in [-0.3, -0.25) is 4.79 Å².